The van der Waals surface area contributed by atoms with E-state index in [-0.39, 0.29) is 11.5 Å². The van der Waals surface area contributed by atoms with Crippen LogP contribution < -0.4 is 11.2 Å². The molecule has 0 spiro atoms. The summed E-state index contributed by atoms with van der Waals surface area (Å²) in [5.41, 5.74) is 2.35. The van der Waals surface area contributed by atoms with Crippen molar-refractivity contribution in [3.63, 3.8) is 0 Å². The van der Waals surface area contributed by atoms with Crippen molar-refractivity contribution in [2.75, 3.05) is 0 Å². The molecule has 0 aromatic heterocycles. The maximum Gasteiger partial charge on any atom is 0.349 e. The molecule has 2 aliphatic heterocycles. The number of aromatic nitrogens is 4. The lowest BCUT2D eigenvalue weighted by atomic mass is 10.1. The Labute approximate surface area is 118 Å². The van der Waals surface area contributed by atoms with Crippen LogP contribution in [0, 0.1) is 6.92 Å². The standard InChI is InChI=1S/C13H11ClN4O2/c1-6-3-9-8(4-7(6)5-14)15-10-11(18(9)2)16-13(20)17-12(10)19/h3-4H,5H2,1-2H3,(H,17,19,20). The maximum atomic E-state index is 11.8. The first kappa shape index (κ1) is 12.8. The van der Waals surface area contributed by atoms with Crippen molar-refractivity contribution < 1.29 is 0 Å². The summed E-state index contributed by atoms with van der Waals surface area (Å²) in [6.45, 7) is 1.95. The van der Waals surface area contributed by atoms with Crippen molar-refractivity contribution in [3.8, 4) is 11.5 Å². The maximum absolute atomic E-state index is 11.8. The van der Waals surface area contributed by atoms with Crippen molar-refractivity contribution in [2.45, 2.75) is 12.8 Å². The Morgan fingerprint density at radius 2 is 2.05 bits per heavy atom. The molecule has 102 valence electrons. The minimum Gasteiger partial charge on any atom is -0.325 e. The molecule has 2 aliphatic rings. The van der Waals surface area contributed by atoms with Crippen LogP contribution in [0.25, 0.3) is 22.6 Å². The number of nitrogens with zero attached hydrogens (tertiary/aromatic N) is 3. The summed E-state index contributed by atoms with van der Waals surface area (Å²) in [6.07, 6.45) is 0. The van der Waals surface area contributed by atoms with Crippen LogP contribution in [0.3, 0.4) is 0 Å². The highest BCUT2D eigenvalue weighted by atomic mass is 35.5. The van der Waals surface area contributed by atoms with E-state index in [1.54, 1.807) is 11.6 Å². The number of fused-ring (bicyclic) bond motifs is 2. The van der Waals surface area contributed by atoms with Crippen LogP contribution in [-0.2, 0) is 12.9 Å². The molecule has 0 unspecified atom stereocenters. The fraction of sp³-hybridized carbons (Fsp3) is 0.231. The number of hydrogen-bond acceptors (Lipinski definition) is 4. The van der Waals surface area contributed by atoms with Gasteiger partial charge in [0.05, 0.1) is 11.0 Å². The molecule has 6 nitrogen and oxygen atoms in total. The molecule has 1 aromatic carbocycles. The van der Waals surface area contributed by atoms with E-state index in [1.807, 2.05) is 19.1 Å². The first-order valence-electron chi connectivity index (χ1n) is 5.97. The van der Waals surface area contributed by atoms with Gasteiger partial charge in [-0.2, -0.15) is 4.98 Å². The van der Waals surface area contributed by atoms with Crippen LogP contribution >= 0.6 is 11.6 Å². The molecule has 0 bridgehead atoms. The quantitative estimate of drug-likeness (QED) is 0.539. The number of halogens is 1. The Morgan fingerprint density at radius 1 is 1.30 bits per heavy atom. The van der Waals surface area contributed by atoms with Crippen molar-refractivity contribution in [2.24, 2.45) is 7.05 Å². The van der Waals surface area contributed by atoms with E-state index >= 15 is 0 Å². The van der Waals surface area contributed by atoms with Gasteiger partial charge in [0.15, 0.2) is 11.5 Å². The molecule has 20 heavy (non-hydrogen) atoms. The number of nitrogens with one attached hydrogen (secondary N) is 1. The van der Waals surface area contributed by atoms with Crippen molar-refractivity contribution in [1.29, 1.82) is 0 Å². The minimum atomic E-state index is -0.673. The van der Waals surface area contributed by atoms with Gasteiger partial charge in [0.1, 0.15) is 0 Å². The number of H-pyrrole nitrogens is 1. The summed E-state index contributed by atoms with van der Waals surface area (Å²) >= 11 is 5.89. The van der Waals surface area contributed by atoms with E-state index < -0.39 is 11.2 Å². The molecule has 1 aromatic rings. The van der Waals surface area contributed by atoms with E-state index in [0.717, 1.165) is 16.6 Å². The highest BCUT2D eigenvalue weighted by Crippen LogP contribution is 2.23. The van der Waals surface area contributed by atoms with Gasteiger partial charge in [0, 0.05) is 12.9 Å². The van der Waals surface area contributed by atoms with Gasteiger partial charge in [-0.25, -0.2) is 9.78 Å². The van der Waals surface area contributed by atoms with Gasteiger partial charge in [0.25, 0.3) is 5.56 Å². The Morgan fingerprint density at radius 3 is 2.75 bits per heavy atom. The topological polar surface area (TPSA) is 80.6 Å². The fourth-order valence-electron chi connectivity index (χ4n) is 2.23. The molecular weight excluding hydrogens is 280 g/mol. The zero-order valence-electron chi connectivity index (χ0n) is 10.9. The van der Waals surface area contributed by atoms with Gasteiger partial charge in [-0.3, -0.25) is 9.78 Å². The Balaban J connectivity index is 2.54. The average molecular weight is 291 g/mol. The average Bonchev–Trinajstić information content (AvgIpc) is 2.40. The van der Waals surface area contributed by atoms with E-state index in [0.29, 0.717) is 11.4 Å². The number of aromatic amines is 1. The summed E-state index contributed by atoms with van der Waals surface area (Å²) in [5.74, 6) is 0.642. The molecule has 0 atom stereocenters. The molecule has 3 rings (SSSR count). The predicted octanol–water partition coefficient (Wildman–Crippen LogP) is 1.17. The normalized spacial score (nSPS) is 11.3. The number of hydrogen-bond donors (Lipinski definition) is 1. The third kappa shape index (κ3) is 1.80. The molecule has 0 saturated heterocycles. The van der Waals surface area contributed by atoms with E-state index in [2.05, 4.69) is 15.0 Å². The summed E-state index contributed by atoms with van der Waals surface area (Å²) in [4.78, 5) is 33.4. The Kier molecular flexibility index (Phi) is 2.83. The monoisotopic (exact) mass is 290 g/mol. The van der Waals surface area contributed by atoms with Crippen LogP contribution in [0.4, 0.5) is 0 Å². The summed E-state index contributed by atoms with van der Waals surface area (Å²) < 4.78 is 1.69. The highest BCUT2D eigenvalue weighted by molar-refractivity contribution is 6.17. The fourth-order valence-corrected chi connectivity index (χ4v) is 2.52. The zero-order valence-corrected chi connectivity index (χ0v) is 11.7. The van der Waals surface area contributed by atoms with Crippen LogP contribution in [0.2, 0.25) is 0 Å². The van der Waals surface area contributed by atoms with Crippen LogP contribution in [-0.4, -0.2) is 19.5 Å². The Bertz CT molecular complexity index is 913. The van der Waals surface area contributed by atoms with Crippen molar-refractivity contribution in [1.82, 2.24) is 19.5 Å². The predicted molar refractivity (Wildman–Crippen MR) is 76.3 cm³/mol. The van der Waals surface area contributed by atoms with E-state index in [1.165, 1.54) is 0 Å². The largest absolute Gasteiger partial charge is 0.349 e. The highest BCUT2D eigenvalue weighted by Gasteiger charge is 2.17. The van der Waals surface area contributed by atoms with E-state index in [4.69, 9.17) is 11.6 Å². The van der Waals surface area contributed by atoms with Crippen LogP contribution in [0.15, 0.2) is 21.7 Å². The molecule has 0 fully saturated rings. The van der Waals surface area contributed by atoms with Gasteiger partial charge < -0.3 is 4.57 Å². The SMILES string of the molecule is Cc1cc2c(cc1CCl)nc1c(=O)[nH]c(=O)nc-1n2C. The van der Waals surface area contributed by atoms with Crippen LogP contribution in [0.1, 0.15) is 11.1 Å². The third-order valence-electron chi connectivity index (χ3n) is 3.34. The second-order valence-corrected chi connectivity index (χ2v) is 4.88. The molecule has 7 heteroatoms. The minimum absolute atomic E-state index is 0.143. The third-order valence-corrected chi connectivity index (χ3v) is 3.63. The summed E-state index contributed by atoms with van der Waals surface area (Å²) in [5, 5.41) is 0. The lowest BCUT2D eigenvalue weighted by molar-refractivity contribution is 0.869. The van der Waals surface area contributed by atoms with Crippen molar-refractivity contribution >= 4 is 22.6 Å². The van der Waals surface area contributed by atoms with Gasteiger partial charge in [-0.15, -0.1) is 11.6 Å². The molecule has 0 saturated carbocycles. The first-order valence-corrected chi connectivity index (χ1v) is 6.51. The van der Waals surface area contributed by atoms with Gasteiger partial charge >= 0.3 is 5.69 Å². The lowest BCUT2D eigenvalue weighted by Gasteiger charge is -2.14. The number of benzene rings is 1. The first-order chi connectivity index (χ1) is 9.51. The number of aryl methyl sites for hydroxylation is 2. The molecule has 0 amide bonds. The van der Waals surface area contributed by atoms with Gasteiger partial charge in [0.2, 0.25) is 0 Å². The summed E-state index contributed by atoms with van der Waals surface area (Å²) in [7, 11) is 1.75. The smallest absolute Gasteiger partial charge is 0.325 e. The zero-order chi connectivity index (χ0) is 14.4. The van der Waals surface area contributed by atoms with Gasteiger partial charge in [-0.1, -0.05) is 0 Å². The van der Waals surface area contributed by atoms with Crippen molar-refractivity contribution in [3.05, 3.63) is 44.1 Å². The number of alkyl halides is 1. The summed E-state index contributed by atoms with van der Waals surface area (Å²) in [6, 6.07) is 3.77. The molecule has 2 heterocycles. The number of rotatable bonds is 1. The Hall–Kier alpha value is -2.21. The second kappa shape index (κ2) is 4.42. The molecule has 1 N–H and O–H groups in total. The van der Waals surface area contributed by atoms with E-state index in [9.17, 15) is 9.59 Å². The molecule has 0 aliphatic carbocycles. The molecule has 0 radical (unpaired) electrons. The molecular formula is C13H11ClN4O2. The lowest BCUT2D eigenvalue weighted by Crippen LogP contribution is -2.28. The second-order valence-electron chi connectivity index (χ2n) is 4.62. The van der Waals surface area contributed by atoms with Gasteiger partial charge in [-0.05, 0) is 30.2 Å². The van der Waals surface area contributed by atoms with Crippen LogP contribution in [0.5, 0.6) is 0 Å².